The molecule has 0 aliphatic carbocycles. The predicted octanol–water partition coefficient (Wildman–Crippen LogP) is 2.05. The van der Waals surface area contributed by atoms with Crippen molar-refractivity contribution in [1.29, 1.82) is 0 Å². The first kappa shape index (κ1) is 19.7. The Hall–Kier alpha value is -1.03. The molecule has 0 radical (unpaired) electrons. The molecule has 146 valence electrons. The zero-order chi connectivity index (χ0) is 18.5. The summed E-state index contributed by atoms with van der Waals surface area (Å²) in [6.45, 7) is 10.7. The smallest absolute Gasteiger partial charge is 0.293 e. The molecule has 0 atom stereocenters. The fourth-order valence-electron chi connectivity index (χ4n) is 3.34. The summed E-state index contributed by atoms with van der Waals surface area (Å²) in [7, 11) is 0. The lowest BCUT2D eigenvalue weighted by molar-refractivity contribution is -0.133. The summed E-state index contributed by atoms with van der Waals surface area (Å²) in [4.78, 5) is 19.0. The summed E-state index contributed by atoms with van der Waals surface area (Å²) in [5, 5.41) is 5.10. The number of hydrogen-bond donors (Lipinski definition) is 0. The van der Waals surface area contributed by atoms with Gasteiger partial charge in [0, 0.05) is 39.3 Å². The molecule has 3 heterocycles. The van der Waals surface area contributed by atoms with Crippen molar-refractivity contribution in [1.82, 2.24) is 24.5 Å². The molecule has 0 unspecified atom stereocenters. The standard InChI is InChI=1S/C17H29N5O2S2/c1-14(2)24-16-18-22(17(25)26-16)13-20-10-8-19(9-11-20)12-15(23)21-6-4-3-5-7-21/h14H,3-13H2,1-2H3. The second-order valence-corrected chi connectivity index (χ2v) is 8.86. The highest BCUT2D eigenvalue weighted by Gasteiger charge is 2.23. The Balaban J connectivity index is 1.44. The van der Waals surface area contributed by atoms with Crippen molar-refractivity contribution in [2.24, 2.45) is 0 Å². The van der Waals surface area contributed by atoms with Crippen molar-refractivity contribution in [3.63, 3.8) is 0 Å². The van der Waals surface area contributed by atoms with Crippen LogP contribution in [-0.4, -0.2) is 82.3 Å². The zero-order valence-corrected chi connectivity index (χ0v) is 17.4. The Kier molecular flexibility index (Phi) is 7.02. The van der Waals surface area contributed by atoms with E-state index in [4.69, 9.17) is 17.0 Å². The average Bonchev–Trinajstić information content (AvgIpc) is 2.95. The van der Waals surface area contributed by atoms with E-state index in [1.165, 1.54) is 17.8 Å². The minimum atomic E-state index is 0.102. The van der Waals surface area contributed by atoms with Gasteiger partial charge in [-0.3, -0.25) is 14.6 Å². The van der Waals surface area contributed by atoms with E-state index in [1.54, 1.807) is 0 Å². The van der Waals surface area contributed by atoms with Crippen LogP contribution in [0.25, 0.3) is 0 Å². The van der Waals surface area contributed by atoms with E-state index in [0.717, 1.165) is 56.1 Å². The van der Waals surface area contributed by atoms with E-state index >= 15 is 0 Å². The number of ether oxygens (including phenoxy) is 1. The number of carbonyl (C=O) groups excluding carboxylic acids is 1. The molecular weight excluding hydrogens is 370 g/mol. The van der Waals surface area contributed by atoms with Crippen LogP contribution < -0.4 is 4.74 Å². The van der Waals surface area contributed by atoms with Crippen molar-refractivity contribution >= 4 is 29.5 Å². The molecule has 2 aliphatic heterocycles. The Morgan fingerprint density at radius 1 is 1.12 bits per heavy atom. The first-order valence-electron chi connectivity index (χ1n) is 9.48. The summed E-state index contributed by atoms with van der Waals surface area (Å²) in [6, 6.07) is 0. The molecule has 9 heteroatoms. The predicted molar refractivity (Wildman–Crippen MR) is 105 cm³/mol. The van der Waals surface area contributed by atoms with E-state index in [9.17, 15) is 4.79 Å². The lowest BCUT2D eigenvalue weighted by Gasteiger charge is -2.35. The Bertz CT molecular complexity index is 646. The number of nitrogens with zero attached hydrogens (tertiary/aromatic N) is 5. The van der Waals surface area contributed by atoms with Crippen molar-refractivity contribution < 1.29 is 9.53 Å². The first-order valence-corrected chi connectivity index (χ1v) is 10.7. The van der Waals surface area contributed by atoms with Crippen LogP contribution in [0.4, 0.5) is 0 Å². The van der Waals surface area contributed by atoms with Crippen LogP contribution in [0.2, 0.25) is 0 Å². The van der Waals surface area contributed by atoms with Gasteiger partial charge in [-0.15, -0.1) is 5.10 Å². The second kappa shape index (κ2) is 9.25. The number of piperidine rings is 1. The number of likely N-dealkylation sites (tertiary alicyclic amines) is 1. The van der Waals surface area contributed by atoms with Gasteiger partial charge in [0.1, 0.15) is 0 Å². The van der Waals surface area contributed by atoms with Crippen molar-refractivity contribution in [3.8, 4) is 5.19 Å². The van der Waals surface area contributed by atoms with Gasteiger partial charge >= 0.3 is 0 Å². The molecule has 2 fully saturated rings. The minimum absolute atomic E-state index is 0.102. The van der Waals surface area contributed by atoms with Gasteiger partial charge in [0.25, 0.3) is 5.19 Å². The van der Waals surface area contributed by atoms with Gasteiger partial charge in [-0.05, 0) is 56.7 Å². The average molecular weight is 400 g/mol. The van der Waals surface area contributed by atoms with E-state index in [2.05, 4.69) is 14.9 Å². The SMILES string of the molecule is CC(C)Oc1nn(CN2CCN(CC(=O)N3CCCCC3)CC2)c(=S)s1. The third kappa shape index (κ3) is 5.48. The minimum Gasteiger partial charge on any atom is -0.466 e. The number of piperazine rings is 1. The fourth-order valence-corrected chi connectivity index (χ4v) is 4.38. The van der Waals surface area contributed by atoms with Gasteiger partial charge in [-0.1, -0.05) is 0 Å². The maximum Gasteiger partial charge on any atom is 0.293 e. The van der Waals surface area contributed by atoms with E-state index in [-0.39, 0.29) is 12.0 Å². The molecule has 7 nitrogen and oxygen atoms in total. The van der Waals surface area contributed by atoms with Crippen LogP contribution >= 0.6 is 23.6 Å². The summed E-state index contributed by atoms with van der Waals surface area (Å²) >= 11 is 6.81. The second-order valence-electron chi connectivity index (χ2n) is 7.28. The van der Waals surface area contributed by atoms with Crippen molar-refractivity contribution in [3.05, 3.63) is 3.95 Å². The summed E-state index contributed by atoms with van der Waals surface area (Å²) in [5.74, 6) is 0.287. The molecule has 0 spiro atoms. The van der Waals surface area contributed by atoms with Crippen LogP contribution in [-0.2, 0) is 11.5 Å². The third-order valence-corrected chi connectivity index (χ3v) is 5.99. The highest BCUT2D eigenvalue weighted by Crippen LogP contribution is 2.19. The molecule has 3 rings (SSSR count). The first-order chi connectivity index (χ1) is 12.5. The molecular formula is C17H29N5O2S2. The van der Waals surface area contributed by atoms with Gasteiger partial charge < -0.3 is 9.64 Å². The maximum absolute atomic E-state index is 12.4. The van der Waals surface area contributed by atoms with Crippen LogP contribution in [0.3, 0.4) is 0 Å². The Morgan fingerprint density at radius 3 is 2.42 bits per heavy atom. The third-order valence-electron chi connectivity index (χ3n) is 4.79. The molecule has 1 aromatic rings. The zero-order valence-electron chi connectivity index (χ0n) is 15.7. The lowest BCUT2D eigenvalue weighted by Crippen LogP contribution is -2.50. The van der Waals surface area contributed by atoms with Crippen molar-refractivity contribution in [2.75, 3.05) is 45.8 Å². The van der Waals surface area contributed by atoms with Gasteiger partial charge in [-0.2, -0.15) is 0 Å². The summed E-state index contributed by atoms with van der Waals surface area (Å²) in [6.07, 6.45) is 3.66. The molecule has 2 aliphatic rings. The highest BCUT2D eigenvalue weighted by molar-refractivity contribution is 7.73. The van der Waals surface area contributed by atoms with Gasteiger partial charge in [0.05, 0.1) is 19.3 Å². The molecule has 0 saturated carbocycles. The fraction of sp³-hybridized carbons (Fsp3) is 0.824. The number of carbonyl (C=O) groups is 1. The molecule has 0 bridgehead atoms. The number of aromatic nitrogens is 2. The summed E-state index contributed by atoms with van der Waals surface area (Å²) in [5.41, 5.74) is 0. The topological polar surface area (TPSA) is 53.8 Å². The van der Waals surface area contributed by atoms with Crippen molar-refractivity contribution in [2.45, 2.75) is 45.9 Å². The molecule has 2 saturated heterocycles. The van der Waals surface area contributed by atoms with Crippen LogP contribution in [0, 0.1) is 3.95 Å². The number of hydrogen-bond acceptors (Lipinski definition) is 7. The molecule has 0 aromatic carbocycles. The van der Waals surface area contributed by atoms with Crippen LogP contribution in [0.5, 0.6) is 5.19 Å². The number of amides is 1. The van der Waals surface area contributed by atoms with Gasteiger partial charge in [0.2, 0.25) is 5.91 Å². The number of rotatable bonds is 6. The molecule has 0 N–H and O–H groups in total. The highest BCUT2D eigenvalue weighted by atomic mass is 32.1. The van der Waals surface area contributed by atoms with E-state index < -0.39 is 0 Å². The van der Waals surface area contributed by atoms with Gasteiger partial charge in [-0.25, -0.2) is 4.68 Å². The quantitative estimate of drug-likeness (QED) is 0.683. The van der Waals surface area contributed by atoms with E-state index in [0.29, 0.717) is 18.4 Å². The summed E-state index contributed by atoms with van der Waals surface area (Å²) < 4.78 is 8.21. The van der Waals surface area contributed by atoms with Crippen LogP contribution in [0.15, 0.2) is 0 Å². The van der Waals surface area contributed by atoms with Gasteiger partial charge in [0.15, 0.2) is 3.95 Å². The largest absolute Gasteiger partial charge is 0.466 e. The maximum atomic E-state index is 12.4. The van der Waals surface area contributed by atoms with Crippen LogP contribution in [0.1, 0.15) is 33.1 Å². The Labute approximate surface area is 164 Å². The molecule has 1 amide bonds. The van der Waals surface area contributed by atoms with E-state index in [1.807, 2.05) is 23.4 Å². The lowest BCUT2D eigenvalue weighted by atomic mass is 10.1. The Morgan fingerprint density at radius 2 is 1.77 bits per heavy atom. The molecule has 26 heavy (non-hydrogen) atoms. The monoisotopic (exact) mass is 399 g/mol. The normalized spacial score (nSPS) is 19.9. The molecule has 1 aromatic heterocycles.